The monoisotopic (exact) mass is 315 g/mol. The zero-order chi connectivity index (χ0) is 16.0. The first-order valence-corrected chi connectivity index (χ1v) is 7.52. The van der Waals surface area contributed by atoms with Crippen molar-refractivity contribution in [3.63, 3.8) is 0 Å². The summed E-state index contributed by atoms with van der Waals surface area (Å²) in [6.07, 6.45) is 0.833. The van der Waals surface area contributed by atoms with Gasteiger partial charge in [0.1, 0.15) is 11.7 Å². The van der Waals surface area contributed by atoms with Gasteiger partial charge >= 0.3 is 0 Å². The van der Waals surface area contributed by atoms with Crippen LogP contribution < -0.4 is 5.32 Å². The number of amides is 1. The molecule has 4 heteroatoms. The van der Waals surface area contributed by atoms with Gasteiger partial charge in [-0.05, 0) is 11.1 Å². The molecule has 0 aliphatic carbocycles. The van der Waals surface area contributed by atoms with E-state index >= 15 is 0 Å². The molecule has 1 atom stereocenters. The lowest BCUT2D eigenvalue weighted by Gasteiger charge is -2.36. The van der Waals surface area contributed by atoms with Gasteiger partial charge in [-0.1, -0.05) is 60.7 Å². The highest BCUT2D eigenvalue weighted by molar-refractivity contribution is 6.25. The Morgan fingerprint density at radius 1 is 1.09 bits per heavy atom. The number of rotatable bonds is 6. The predicted molar refractivity (Wildman–Crippen MR) is 88.1 cm³/mol. The van der Waals surface area contributed by atoms with Crippen molar-refractivity contribution in [2.75, 3.05) is 7.05 Å². The maximum atomic E-state index is 12.8. The van der Waals surface area contributed by atoms with Gasteiger partial charge in [0.25, 0.3) is 0 Å². The molecule has 22 heavy (non-hydrogen) atoms. The Bertz CT molecular complexity index is 589. The standard InChI is InChI=1S/C18H18ClNO2/c1-20-17(22)18(16(19)12-13-21,14-8-4-2-5-9-14)15-10-6-3-7-11-15/h2-11,13,16H,12H2,1H3,(H,20,22). The summed E-state index contributed by atoms with van der Waals surface area (Å²) in [5.41, 5.74) is 0.421. The average molecular weight is 316 g/mol. The lowest BCUT2D eigenvalue weighted by Crippen LogP contribution is -2.50. The van der Waals surface area contributed by atoms with Crippen molar-refractivity contribution in [3.05, 3.63) is 71.8 Å². The SMILES string of the molecule is CNC(=O)C(c1ccccc1)(c1ccccc1)C(Cl)CC=O. The summed E-state index contributed by atoms with van der Waals surface area (Å²) in [6.45, 7) is 0. The molecule has 0 fully saturated rings. The van der Waals surface area contributed by atoms with Gasteiger partial charge in [0.2, 0.25) is 5.91 Å². The number of halogens is 1. The molecular weight excluding hydrogens is 298 g/mol. The fourth-order valence-electron chi connectivity index (χ4n) is 2.79. The molecule has 0 saturated heterocycles. The van der Waals surface area contributed by atoms with E-state index in [1.165, 1.54) is 0 Å². The van der Waals surface area contributed by atoms with Crippen LogP contribution in [0.5, 0.6) is 0 Å². The Morgan fingerprint density at radius 3 is 1.91 bits per heavy atom. The normalized spacial score (nSPS) is 12.5. The van der Waals surface area contributed by atoms with E-state index in [2.05, 4.69) is 5.32 Å². The van der Waals surface area contributed by atoms with Crippen LogP contribution >= 0.6 is 11.6 Å². The molecule has 2 aromatic rings. The third-order valence-electron chi connectivity index (χ3n) is 3.82. The first kappa shape index (κ1) is 16.2. The van der Waals surface area contributed by atoms with E-state index in [1.54, 1.807) is 7.05 Å². The summed E-state index contributed by atoms with van der Waals surface area (Å²) in [7, 11) is 1.58. The lowest BCUT2D eigenvalue weighted by molar-refractivity contribution is -0.125. The molecule has 0 heterocycles. The summed E-state index contributed by atoms with van der Waals surface area (Å²) >= 11 is 6.55. The summed E-state index contributed by atoms with van der Waals surface area (Å²) in [5.74, 6) is -0.230. The Hall–Kier alpha value is -2.13. The number of carbonyl (C=O) groups excluding carboxylic acids is 2. The van der Waals surface area contributed by atoms with Crippen LogP contribution in [0.15, 0.2) is 60.7 Å². The quantitative estimate of drug-likeness (QED) is 0.658. The molecule has 0 aromatic heterocycles. The molecule has 1 N–H and O–H groups in total. The van der Waals surface area contributed by atoms with E-state index in [9.17, 15) is 9.59 Å². The van der Waals surface area contributed by atoms with Gasteiger partial charge < -0.3 is 10.1 Å². The second-order valence-corrected chi connectivity index (χ2v) is 5.52. The van der Waals surface area contributed by atoms with Crippen molar-refractivity contribution in [3.8, 4) is 0 Å². The smallest absolute Gasteiger partial charge is 0.236 e. The van der Waals surface area contributed by atoms with Crippen LogP contribution in [0.1, 0.15) is 17.5 Å². The molecule has 1 unspecified atom stereocenters. The van der Waals surface area contributed by atoms with Crippen molar-refractivity contribution in [1.29, 1.82) is 0 Å². The van der Waals surface area contributed by atoms with Crippen molar-refractivity contribution in [2.45, 2.75) is 17.2 Å². The molecule has 0 saturated carbocycles. The van der Waals surface area contributed by atoms with Gasteiger partial charge in [-0.25, -0.2) is 0 Å². The van der Waals surface area contributed by atoms with Gasteiger partial charge in [-0.3, -0.25) is 4.79 Å². The number of carbonyl (C=O) groups is 2. The Morgan fingerprint density at radius 2 is 1.55 bits per heavy atom. The van der Waals surface area contributed by atoms with E-state index in [1.807, 2.05) is 60.7 Å². The molecule has 3 nitrogen and oxygen atoms in total. The van der Waals surface area contributed by atoms with Crippen LogP contribution in [0.3, 0.4) is 0 Å². The van der Waals surface area contributed by atoms with E-state index in [4.69, 9.17) is 11.6 Å². The molecule has 0 aliphatic rings. The third-order valence-corrected chi connectivity index (χ3v) is 4.32. The number of hydrogen-bond donors (Lipinski definition) is 1. The minimum atomic E-state index is -1.11. The van der Waals surface area contributed by atoms with Crippen LogP contribution in [0.2, 0.25) is 0 Å². The molecule has 2 rings (SSSR count). The second-order valence-electron chi connectivity index (χ2n) is 4.99. The van der Waals surface area contributed by atoms with Crippen LogP contribution in [0.25, 0.3) is 0 Å². The van der Waals surface area contributed by atoms with E-state index in [0.717, 1.165) is 17.4 Å². The Labute approximate surface area is 135 Å². The van der Waals surface area contributed by atoms with Crippen LogP contribution in [0, 0.1) is 0 Å². The maximum absolute atomic E-state index is 12.8. The summed E-state index contributed by atoms with van der Waals surface area (Å²) in [5, 5.41) is 2.02. The van der Waals surface area contributed by atoms with Crippen molar-refractivity contribution in [1.82, 2.24) is 5.32 Å². The number of benzene rings is 2. The minimum Gasteiger partial charge on any atom is -0.358 e. The summed E-state index contributed by atoms with van der Waals surface area (Å²) < 4.78 is 0. The average Bonchev–Trinajstić information content (AvgIpc) is 2.57. The van der Waals surface area contributed by atoms with Crippen LogP contribution in [-0.4, -0.2) is 24.6 Å². The Kier molecular flexibility index (Phi) is 5.34. The first-order valence-electron chi connectivity index (χ1n) is 7.08. The fourth-order valence-corrected chi connectivity index (χ4v) is 3.22. The highest BCUT2D eigenvalue weighted by atomic mass is 35.5. The topological polar surface area (TPSA) is 46.2 Å². The minimum absolute atomic E-state index is 0.0821. The summed E-state index contributed by atoms with van der Waals surface area (Å²) in [4.78, 5) is 23.9. The molecule has 0 spiro atoms. The highest BCUT2D eigenvalue weighted by Gasteiger charge is 2.47. The van der Waals surface area contributed by atoms with Gasteiger partial charge in [0, 0.05) is 13.5 Å². The van der Waals surface area contributed by atoms with Gasteiger partial charge in [0.05, 0.1) is 5.38 Å². The number of alkyl halides is 1. The lowest BCUT2D eigenvalue weighted by atomic mass is 9.70. The van der Waals surface area contributed by atoms with Crippen LogP contribution in [-0.2, 0) is 15.0 Å². The molecular formula is C18H18ClNO2. The largest absolute Gasteiger partial charge is 0.358 e. The molecule has 0 radical (unpaired) electrons. The maximum Gasteiger partial charge on any atom is 0.236 e. The molecule has 0 aliphatic heterocycles. The number of aldehydes is 1. The van der Waals surface area contributed by atoms with E-state index < -0.39 is 10.8 Å². The van der Waals surface area contributed by atoms with Crippen LogP contribution in [0.4, 0.5) is 0 Å². The molecule has 2 aromatic carbocycles. The van der Waals surface area contributed by atoms with Gasteiger partial charge in [0.15, 0.2) is 0 Å². The van der Waals surface area contributed by atoms with Gasteiger partial charge in [-0.2, -0.15) is 0 Å². The van der Waals surface area contributed by atoms with Crippen molar-refractivity contribution >= 4 is 23.8 Å². The van der Waals surface area contributed by atoms with E-state index in [0.29, 0.717) is 0 Å². The second kappa shape index (κ2) is 7.23. The zero-order valence-corrected chi connectivity index (χ0v) is 13.1. The van der Waals surface area contributed by atoms with Crippen molar-refractivity contribution in [2.24, 2.45) is 0 Å². The summed E-state index contributed by atoms with van der Waals surface area (Å²) in [6, 6.07) is 18.7. The van der Waals surface area contributed by atoms with Gasteiger partial charge in [-0.15, -0.1) is 11.6 Å². The zero-order valence-electron chi connectivity index (χ0n) is 12.3. The predicted octanol–water partition coefficient (Wildman–Crippen LogP) is 2.92. The van der Waals surface area contributed by atoms with Crippen molar-refractivity contribution < 1.29 is 9.59 Å². The number of hydrogen-bond acceptors (Lipinski definition) is 2. The highest BCUT2D eigenvalue weighted by Crippen LogP contribution is 2.40. The number of nitrogens with one attached hydrogen (secondary N) is 1. The Balaban J connectivity index is 2.75. The first-order chi connectivity index (χ1) is 10.7. The number of likely N-dealkylation sites (N-methyl/N-ethyl adjacent to an activating group) is 1. The molecule has 1 amide bonds. The van der Waals surface area contributed by atoms with E-state index in [-0.39, 0.29) is 12.3 Å². The molecule has 114 valence electrons. The fraction of sp³-hybridized carbons (Fsp3) is 0.222. The third kappa shape index (κ3) is 2.77. The molecule has 0 bridgehead atoms.